The van der Waals surface area contributed by atoms with Crippen molar-refractivity contribution in [3.8, 4) is 0 Å². The normalized spacial score (nSPS) is 12.2. The number of sulfonamides is 1. The van der Waals surface area contributed by atoms with E-state index in [0.29, 0.717) is 12.2 Å². The molecule has 2 amide bonds. The molecule has 2 aromatic carbocycles. The molecule has 2 aromatic rings. The third kappa shape index (κ3) is 7.60. The third-order valence-electron chi connectivity index (χ3n) is 5.33. The molecule has 1 N–H and O–H groups in total. The molecular weight excluding hydrogens is 438 g/mol. The van der Waals surface area contributed by atoms with E-state index in [1.54, 1.807) is 19.1 Å². The first-order valence-electron chi connectivity index (χ1n) is 11.1. The highest BCUT2D eigenvalue weighted by Gasteiger charge is 2.30. The second kappa shape index (κ2) is 11.3. The minimum absolute atomic E-state index is 0.200. The Morgan fingerprint density at radius 3 is 2.18 bits per heavy atom. The zero-order valence-electron chi connectivity index (χ0n) is 20.4. The predicted molar refractivity (Wildman–Crippen MR) is 133 cm³/mol. The summed E-state index contributed by atoms with van der Waals surface area (Å²) in [6.07, 6.45) is 1.86. The quantitative estimate of drug-likeness (QED) is 0.574. The van der Waals surface area contributed by atoms with Gasteiger partial charge in [0.05, 0.1) is 11.9 Å². The average Bonchev–Trinajstić information content (AvgIpc) is 2.71. The minimum Gasteiger partial charge on any atom is -0.354 e. The van der Waals surface area contributed by atoms with Crippen molar-refractivity contribution in [1.29, 1.82) is 0 Å². The number of amides is 2. The summed E-state index contributed by atoms with van der Waals surface area (Å²) in [5, 5.41) is 2.83. The molecule has 33 heavy (non-hydrogen) atoms. The largest absolute Gasteiger partial charge is 0.354 e. The molecule has 0 bridgehead atoms. The van der Waals surface area contributed by atoms with Crippen LogP contribution < -0.4 is 9.62 Å². The molecule has 0 aliphatic rings. The lowest BCUT2D eigenvalue weighted by atomic mass is 10.1. The predicted octanol–water partition coefficient (Wildman–Crippen LogP) is 3.32. The molecule has 180 valence electrons. The number of nitrogens with zero attached hydrogens (tertiary/aromatic N) is 2. The number of hydrogen-bond donors (Lipinski definition) is 1. The number of carbonyl (C=O) groups is 2. The van der Waals surface area contributed by atoms with E-state index >= 15 is 0 Å². The van der Waals surface area contributed by atoms with Gasteiger partial charge in [-0.05, 0) is 62.9 Å². The fourth-order valence-corrected chi connectivity index (χ4v) is 4.53. The molecule has 0 aliphatic carbocycles. The molecule has 0 heterocycles. The first-order chi connectivity index (χ1) is 15.4. The summed E-state index contributed by atoms with van der Waals surface area (Å²) in [6, 6.07) is 12.4. The topological polar surface area (TPSA) is 86.8 Å². The summed E-state index contributed by atoms with van der Waals surface area (Å²) in [5.74, 6) is -0.713. The summed E-state index contributed by atoms with van der Waals surface area (Å²) >= 11 is 0. The van der Waals surface area contributed by atoms with Crippen LogP contribution in [0.5, 0.6) is 0 Å². The van der Waals surface area contributed by atoms with E-state index in [4.69, 9.17) is 0 Å². The Labute approximate surface area is 197 Å². The van der Waals surface area contributed by atoms with Crippen molar-refractivity contribution < 1.29 is 18.0 Å². The molecule has 0 aromatic heterocycles. The highest BCUT2D eigenvalue weighted by Crippen LogP contribution is 2.22. The number of carbonyl (C=O) groups excluding carboxylic acids is 2. The van der Waals surface area contributed by atoms with E-state index in [1.165, 1.54) is 4.90 Å². The highest BCUT2D eigenvalue weighted by atomic mass is 32.2. The molecule has 0 saturated heterocycles. The van der Waals surface area contributed by atoms with Gasteiger partial charge in [-0.25, -0.2) is 8.42 Å². The molecule has 0 spiro atoms. The maximum Gasteiger partial charge on any atom is 0.244 e. The van der Waals surface area contributed by atoms with Crippen molar-refractivity contribution >= 4 is 27.5 Å². The van der Waals surface area contributed by atoms with Crippen molar-refractivity contribution in [2.24, 2.45) is 0 Å². The van der Waals surface area contributed by atoms with Gasteiger partial charge in [0.15, 0.2) is 0 Å². The Balaban J connectivity index is 2.40. The number of aryl methyl sites for hydroxylation is 3. The van der Waals surface area contributed by atoms with Gasteiger partial charge < -0.3 is 10.2 Å². The summed E-state index contributed by atoms with van der Waals surface area (Å²) in [6.45, 7) is 9.65. The molecule has 0 aliphatic heterocycles. The Bertz CT molecular complexity index is 1080. The van der Waals surface area contributed by atoms with Crippen LogP contribution in [0.25, 0.3) is 0 Å². The van der Waals surface area contributed by atoms with Crippen LogP contribution in [-0.4, -0.2) is 50.5 Å². The number of anilines is 1. The van der Waals surface area contributed by atoms with Gasteiger partial charge in [-0.2, -0.15) is 0 Å². The van der Waals surface area contributed by atoms with Crippen molar-refractivity contribution in [3.63, 3.8) is 0 Å². The van der Waals surface area contributed by atoms with Crippen LogP contribution in [0.15, 0.2) is 42.5 Å². The Morgan fingerprint density at radius 1 is 1.00 bits per heavy atom. The van der Waals surface area contributed by atoms with Gasteiger partial charge in [-0.3, -0.25) is 13.9 Å². The molecule has 2 rings (SSSR count). The van der Waals surface area contributed by atoms with Gasteiger partial charge in [-0.15, -0.1) is 0 Å². The fourth-order valence-electron chi connectivity index (χ4n) is 3.69. The second-order valence-electron chi connectivity index (χ2n) is 8.59. The van der Waals surface area contributed by atoms with Gasteiger partial charge in [0, 0.05) is 13.1 Å². The highest BCUT2D eigenvalue weighted by molar-refractivity contribution is 7.92. The molecule has 7 nitrogen and oxygen atoms in total. The Morgan fingerprint density at radius 2 is 1.64 bits per heavy atom. The lowest BCUT2D eigenvalue weighted by molar-refractivity contribution is -0.139. The summed E-state index contributed by atoms with van der Waals surface area (Å²) in [7, 11) is -3.73. The minimum atomic E-state index is -3.73. The number of benzene rings is 2. The summed E-state index contributed by atoms with van der Waals surface area (Å²) in [4.78, 5) is 27.6. The first kappa shape index (κ1) is 26.4. The maximum atomic E-state index is 13.5. The molecule has 1 atom stereocenters. The molecular formula is C25H35N3O4S. The van der Waals surface area contributed by atoms with Gasteiger partial charge in [0.2, 0.25) is 21.8 Å². The number of nitrogens with one attached hydrogen (secondary N) is 1. The zero-order chi connectivity index (χ0) is 24.8. The van der Waals surface area contributed by atoms with E-state index < -0.39 is 22.0 Å². The van der Waals surface area contributed by atoms with Gasteiger partial charge in [0.25, 0.3) is 0 Å². The van der Waals surface area contributed by atoms with Crippen molar-refractivity contribution in [2.75, 3.05) is 23.7 Å². The van der Waals surface area contributed by atoms with Gasteiger partial charge in [-0.1, -0.05) is 42.8 Å². The molecule has 0 radical (unpaired) electrons. The first-order valence-corrected chi connectivity index (χ1v) is 13.0. The lowest BCUT2D eigenvalue weighted by Gasteiger charge is -2.31. The van der Waals surface area contributed by atoms with Crippen LogP contribution in [0.4, 0.5) is 5.69 Å². The SMILES string of the molecule is CCCNC(=O)C(C)N(Cc1cccc(C)c1)C(=O)CN(c1cc(C)cc(C)c1)S(C)(=O)=O. The van der Waals surface area contributed by atoms with Crippen LogP contribution in [0.2, 0.25) is 0 Å². The van der Waals surface area contributed by atoms with E-state index in [0.717, 1.165) is 39.2 Å². The maximum absolute atomic E-state index is 13.5. The average molecular weight is 474 g/mol. The van der Waals surface area contributed by atoms with Gasteiger partial charge >= 0.3 is 0 Å². The summed E-state index contributed by atoms with van der Waals surface area (Å²) < 4.78 is 26.4. The molecule has 0 saturated carbocycles. The van der Waals surface area contributed by atoms with E-state index in [-0.39, 0.29) is 19.0 Å². The smallest absolute Gasteiger partial charge is 0.244 e. The fraction of sp³-hybridized carbons (Fsp3) is 0.440. The van der Waals surface area contributed by atoms with E-state index in [2.05, 4.69) is 5.32 Å². The van der Waals surface area contributed by atoms with Crippen LogP contribution in [0.3, 0.4) is 0 Å². The number of hydrogen-bond acceptors (Lipinski definition) is 4. The van der Waals surface area contributed by atoms with Crippen LogP contribution >= 0.6 is 0 Å². The number of rotatable bonds is 10. The van der Waals surface area contributed by atoms with E-state index in [9.17, 15) is 18.0 Å². The second-order valence-corrected chi connectivity index (χ2v) is 10.5. The van der Waals surface area contributed by atoms with Crippen molar-refractivity contribution in [1.82, 2.24) is 10.2 Å². The Kier molecular flexibility index (Phi) is 9.05. The van der Waals surface area contributed by atoms with Crippen LogP contribution in [-0.2, 0) is 26.2 Å². The molecule has 8 heteroatoms. The van der Waals surface area contributed by atoms with Gasteiger partial charge in [0.1, 0.15) is 12.6 Å². The third-order valence-corrected chi connectivity index (χ3v) is 6.47. The zero-order valence-corrected chi connectivity index (χ0v) is 21.2. The van der Waals surface area contributed by atoms with Crippen LogP contribution in [0, 0.1) is 20.8 Å². The Hall–Kier alpha value is -2.87. The van der Waals surface area contributed by atoms with Crippen molar-refractivity contribution in [2.45, 2.75) is 53.6 Å². The molecule has 1 unspecified atom stereocenters. The standard InChI is InChI=1S/C25H35N3O4S/c1-7-11-26-25(30)21(5)27(16-22-10-8-9-18(2)13-22)24(29)17-28(33(6,31)32)23-14-19(3)12-20(4)15-23/h8-10,12-15,21H,7,11,16-17H2,1-6H3,(H,26,30). The van der Waals surface area contributed by atoms with Crippen molar-refractivity contribution in [3.05, 3.63) is 64.7 Å². The van der Waals surface area contributed by atoms with Crippen LogP contribution in [0.1, 0.15) is 42.5 Å². The summed E-state index contributed by atoms with van der Waals surface area (Å²) in [5.41, 5.74) is 4.14. The monoisotopic (exact) mass is 473 g/mol. The van der Waals surface area contributed by atoms with E-state index in [1.807, 2.05) is 58.0 Å². The molecule has 0 fully saturated rings. The lowest BCUT2D eigenvalue weighted by Crippen LogP contribution is -2.51.